The second kappa shape index (κ2) is 7.30. The quantitative estimate of drug-likeness (QED) is 0.920. The van der Waals surface area contributed by atoms with Gasteiger partial charge in [0, 0.05) is 38.3 Å². The maximum atomic E-state index is 12.7. The fourth-order valence-electron chi connectivity index (χ4n) is 3.76. The van der Waals surface area contributed by atoms with Gasteiger partial charge >= 0.3 is 0 Å². The number of hydrogen-bond acceptors (Lipinski definition) is 4. The first-order valence-corrected chi connectivity index (χ1v) is 8.84. The lowest BCUT2D eigenvalue weighted by Gasteiger charge is -2.34. The summed E-state index contributed by atoms with van der Waals surface area (Å²) in [5.74, 6) is 2.20. The fourth-order valence-corrected chi connectivity index (χ4v) is 3.76. The number of likely N-dealkylation sites (tertiary alicyclic amines) is 1. The molecule has 126 valence electrons. The third kappa shape index (κ3) is 3.83. The average Bonchev–Trinajstić information content (AvgIpc) is 3.04. The summed E-state index contributed by atoms with van der Waals surface area (Å²) >= 11 is 0. The maximum absolute atomic E-state index is 12.7. The number of nitrogens with two attached hydrogens (primary N) is 1. The van der Waals surface area contributed by atoms with Gasteiger partial charge in [-0.3, -0.25) is 4.79 Å². The minimum atomic E-state index is 0.188. The van der Waals surface area contributed by atoms with Crippen molar-refractivity contribution in [2.75, 3.05) is 37.6 Å². The molecule has 5 nitrogen and oxygen atoms in total. The Labute approximate surface area is 138 Å². The van der Waals surface area contributed by atoms with Gasteiger partial charge in [0.2, 0.25) is 5.91 Å². The molecule has 0 spiro atoms. The highest BCUT2D eigenvalue weighted by Crippen LogP contribution is 2.26. The van der Waals surface area contributed by atoms with Crippen LogP contribution < -0.4 is 10.6 Å². The number of hydrogen-bond donors (Lipinski definition) is 1. The Morgan fingerprint density at radius 1 is 1.26 bits per heavy atom. The molecule has 3 rings (SSSR count). The number of anilines is 1. The van der Waals surface area contributed by atoms with E-state index in [1.54, 1.807) is 0 Å². The topological polar surface area (TPSA) is 62.5 Å². The molecule has 23 heavy (non-hydrogen) atoms. The SMILES string of the molecule is Cc1ccc(N2CCC(C(=O)N3CCC(CCN)C3)CC2)nc1. The van der Waals surface area contributed by atoms with Crippen LogP contribution in [0.25, 0.3) is 0 Å². The van der Waals surface area contributed by atoms with Crippen molar-refractivity contribution in [3.8, 4) is 0 Å². The standard InChI is InChI=1S/C18H28N4O/c1-14-2-3-17(20-12-14)21-10-6-16(7-11-21)18(23)22-9-5-15(13-22)4-8-19/h2-3,12,15-16H,4-11,13,19H2,1H3. The molecule has 0 radical (unpaired) electrons. The smallest absolute Gasteiger partial charge is 0.225 e. The Kier molecular flexibility index (Phi) is 5.16. The van der Waals surface area contributed by atoms with E-state index in [9.17, 15) is 4.79 Å². The van der Waals surface area contributed by atoms with Gasteiger partial charge < -0.3 is 15.5 Å². The molecule has 2 aliphatic heterocycles. The summed E-state index contributed by atoms with van der Waals surface area (Å²) in [7, 11) is 0. The molecule has 0 bridgehead atoms. The van der Waals surface area contributed by atoms with Gasteiger partial charge in [0.15, 0.2) is 0 Å². The van der Waals surface area contributed by atoms with Gasteiger partial charge in [-0.2, -0.15) is 0 Å². The minimum absolute atomic E-state index is 0.188. The Morgan fingerprint density at radius 2 is 2.04 bits per heavy atom. The molecule has 2 aliphatic rings. The first-order chi connectivity index (χ1) is 11.2. The summed E-state index contributed by atoms with van der Waals surface area (Å²) in [5.41, 5.74) is 6.82. The third-order valence-corrected chi connectivity index (χ3v) is 5.24. The largest absolute Gasteiger partial charge is 0.357 e. The van der Waals surface area contributed by atoms with Crippen molar-refractivity contribution in [2.45, 2.75) is 32.6 Å². The zero-order chi connectivity index (χ0) is 16.2. The van der Waals surface area contributed by atoms with Gasteiger partial charge in [-0.25, -0.2) is 4.98 Å². The molecule has 1 unspecified atom stereocenters. The van der Waals surface area contributed by atoms with E-state index >= 15 is 0 Å². The summed E-state index contributed by atoms with van der Waals surface area (Å²) in [6.45, 7) is 6.46. The van der Waals surface area contributed by atoms with E-state index in [2.05, 4.69) is 33.8 Å². The third-order valence-electron chi connectivity index (χ3n) is 5.24. The maximum Gasteiger partial charge on any atom is 0.225 e. The number of amides is 1. The number of aromatic nitrogens is 1. The number of carbonyl (C=O) groups excluding carboxylic acids is 1. The van der Waals surface area contributed by atoms with Crippen LogP contribution in [0.5, 0.6) is 0 Å². The van der Waals surface area contributed by atoms with Crippen LogP contribution >= 0.6 is 0 Å². The number of aryl methyl sites for hydroxylation is 1. The Balaban J connectivity index is 1.50. The van der Waals surface area contributed by atoms with E-state index in [4.69, 9.17) is 5.73 Å². The van der Waals surface area contributed by atoms with Crippen molar-refractivity contribution in [1.29, 1.82) is 0 Å². The van der Waals surface area contributed by atoms with E-state index in [0.717, 1.165) is 64.2 Å². The van der Waals surface area contributed by atoms with Crippen LogP contribution in [-0.4, -0.2) is 48.5 Å². The zero-order valence-corrected chi connectivity index (χ0v) is 14.1. The first-order valence-electron chi connectivity index (χ1n) is 8.84. The monoisotopic (exact) mass is 316 g/mol. The van der Waals surface area contributed by atoms with Gasteiger partial charge in [0.1, 0.15) is 5.82 Å². The Morgan fingerprint density at radius 3 is 2.70 bits per heavy atom. The van der Waals surface area contributed by atoms with Gasteiger partial charge in [0.25, 0.3) is 0 Å². The first kappa shape index (κ1) is 16.2. The number of rotatable bonds is 4. The van der Waals surface area contributed by atoms with Crippen LogP contribution in [0.1, 0.15) is 31.2 Å². The van der Waals surface area contributed by atoms with Gasteiger partial charge in [-0.05, 0) is 56.7 Å². The van der Waals surface area contributed by atoms with Crippen molar-refractivity contribution in [3.63, 3.8) is 0 Å². The lowest BCUT2D eigenvalue weighted by atomic mass is 9.95. The van der Waals surface area contributed by atoms with E-state index in [1.807, 2.05) is 6.20 Å². The van der Waals surface area contributed by atoms with Crippen LogP contribution in [0.15, 0.2) is 18.3 Å². The molecular weight excluding hydrogens is 288 g/mol. The number of carbonyl (C=O) groups is 1. The van der Waals surface area contributed by atoms with Crippen LogP contribution in [0.4, 0.5) is 5.82 Å². The highest BCUT2D eigenvalue weighted by molar-refractivity contribution is 5.79. The molecule has 0 saturated carbocycles. The number of pyridine rings is 1. The summed E-state index contributed by atoms with van der Waals surface area (Å²) in [6.07, 6.45) is 5.95. The normalized spacial score (nSPS) is 22.6. The molecular formula is C18H28N4O. The molecule has 2 saturated heterocycles. The molecule has 0 aromatic carbocycles. The van der Waals surface area contributed by atoms with Crippen LogP contribution in [-0.2, 0) is 4.79 Å². The zero-order valence-electron chi connectivity index (χ0n) is 14.1. The van der Waals surface area contributed by atoms with Gasteiger partial charge in [0.05, 0.1) is 0 Å². The summed E-state index contributed by atoms with van der Waals surface area (Å²) in [6, 6.07) is 4.18. The molecule has 3 heterocycles. The molecule has 1 aromatic heterocycles. The highest BCUT2D eigenvalue weighted by atomic mass is 16.2. The fraction of sp³-hybridized carbons (Fsp3) is 0.667. The van der Waals surface area contributed by atoms with Crippen molar-refractivity contribution in [1.82, 2.24) is 9.88 Å². The summed E-state index contributed by atoms with van der Waals surface area (Å²) in [5, 5.41) is 0. The highest BCUT2D eigenvalue weighted by Gasteiger charge is 2.32. The van der Waals surface area contributed by atoms with Crippen LogP contribution in [0.3, 0.4) is 0 Å². The second-order valence-corrected chi connectivity index (χ2v) is 6.97. The Bertz CT molecular complexity index is 522. The van der Waals surface area contributed by atoms with Crippen LogP contribution in [0.2, 0.25) is 0 Å². The molecule has 1 amide bonds. The number of nitrogens with zero attached hydrogens (tertiary/aromatic N) is 3. The molecule has 5 heteroatoms. The van der Waals surface area contributed by atoms with Crippen molar-refractivity contribution >= 4 is 11.7 Å². The van der Waals surface area contributed by atoms with E-state index in [0.29, 0.717) is 11.8 Å². The second-order valence-electron chi connectivity index (χ2n) is 6.97. The molecule has 0 aliphatic carbocycles. The lowest BCUT2D eigenvalue weighted by molar-refractivity contribution is -0.135. The van der Waals surface area contributed by atoms with E-state index < -0.39 is 0 Å². The van der Waals surface area contributed by atoms with Gasteiger partial charge in [-0.1, -0.05) is 6.07 Å². The predicted octanol–water partition coefficient (Wildman–Crippen LogP) is 1.80. The molecule has 2 fully saturated rings. The molecule has 1 atom stereocenters. The Hall–Kier alpha value is -1.62. The van der Waals surface area contributed by atoms with E-state index in [1.165, 1.54) is 5.56 Å². The molecule has 1 aromatic rings. The van der Waals surface area contributed by atoms with Gasteiger partial charge in [-0.15, -0.1) is 0 Å². The lowest BCUT2D eigenvalue weighted by Crippen LogP contribution is -2.42. The van der Waals surface area contributed by atoms with Crippen molar-refractivity contribution < 1.29 is 4.79 Å². The minimum Gasteiger partial charge on any atom is -0.357 e. The summed E-state index contributed by atoms with van der Waals surface area (Å²) < 4.78 is 0. The van der Waals surface area contributed by atoms with E-state index in [-0.39, 0.29) is 5.92 Å². The van der Waals surface area contributed by atoms with Crippen LogP contribution in [0, 0.1) is 18.8 Å². The predicted molar refractivity (Wildman–Crippen MR) is 92.3 cm³/mol. The van der Waals surface area contributed by atoms with Crippen molar-refractivity contribution in [2.24, 2.45) is 17.6 Å². The van der Waals surface area contributed by atoms with Crippen molar-refractivity contribution in [3.05, 3.63) is 23.9 Å². The molecule has 2 N–H and O–H groups in total. The average molecular weight is 316 g/mol. The summed E-state index contributed by atoms with van der Waals surface area (Å²) in [4.78, 5) is 21.6. The number of piperidine rings is 1.